The minimum Gasteiger partial charge on any atom is -0.468 e. The number of methoxy groups -OCH3 is 1. The Hall–Kier alpha value is -0.610. The first kappa shape index (κ1) is 18.4. The Morgan fingerprint density at radius 2 is 2.05 bits per heavy atom. The third kappa shape index (κ3) is 4.96. The van der Waals surface area contributed by atoms with E-state index >= 15 is 0 Å². The van der Waals surface area contributed by atoms with Crippen LogP contribution in [0.5, 0.6) is 0 Å². The van der Waals surface area contributed by atoms with Gasteiger partial charge in [0.2, 0.25) is 0 Å². The number of ether oxygens (including phenoxy) is 2. The Morgan fingerprint density at radius 1 is 1.38 bits per heavy atom. The highest BCUT2D eigenvalue weighted by atomic mass is 16.5. The van der Waals surface area contributed by atoms with Crippen molar-refractivity contribution >= 4 is 5.97 Å². The van der Waals surface area contributed by atoms with Gasteiger partial charge in [0.25, 0.3) is 0 Å². The van der Waals surface area contributed by atoms with Crippen LogP contribution in [0, 0.1) is 17.8 Å². The SMILES string of the molecule is CNC(C)(CCOC1CC(C)CCC1C(C)C)C(=O)OC. The van der Waals surface area contributed by atoms with Crippen LogP contribution in [0.3, 0.4) is 0 Å². The first-order valence-electron chi connectivity index (χ1n) is 8.23. The van der Waals surface area contributed by atoms with E-state index in [1.54, 1.807) is 7.05 Å². The van der Waals surface area contributed by atoms with Crippen molar-refractivity contribution in [3.05, 3.63) is 0 Å². The summed E-state index contributed by atoms with van der Waals surface area (Å²) in [7, 11) is 3.22. The first-order valence-corrected chi connectivity index (χ1v) is 8.23. The average Bonchev–Trinajstić information content (AvgIpc) is 2.45. The van der Waals surface area contributed by atoms with Crippen LogP contribution in [0.15, 0.2) is 0 Å². The quantitative estimate of drug-likeness (QED) is 0.734. The third-order valence-electron chi connectivity index (χ3n) is 5.08. The van der Waals surface area contributed by atoms with Gasteiger partial charge in [-0.15, -0.1) is 0 Å². The number of nitrogens with one attached hydrogen (secondary N) is 1. The van der Waals surface area contributed by atoms with Crippen molar-refractivity contribution in [2.24, 2.45) is 17.8 Å². The number of hydrogen-bond donors (Lipinski definition) is 1. The maximum absolute atomic E-state index is 11.8. The summed E-state index contributed by atoms with van der Waals surface area (Å²) in [5.41, 5.74) is -0.664. The summed E-state index contributed by atoms with van der Waals surface area (Å²) in [4.78, 5) is 11.8. The number of likely N-dealkylation sites (N-methyl/N-ethyl adjacent to an activating group) is 1. The van der Waals surface area contributed by atoms with E-state index < -0.39 is 5.54 Å². The Labute approximate surface area is 130 Å². The topological polar surface area (TPSA) is 47.6 Å². The average molecular weight is 299 g/mol. The molecule has 0 bridgehead atoms. The van der Waals surface area contributed by atoms with E-state index in [9.17, 15) is 4.79 Å². The molecule has 0 aliphatic heterocycles. The zero-order chi connectivity index (χ0) is 16.0. The fourth-order valence-corrected chi connectivity index (χ4v) is 3.28. The van der Waals surface area contributed by atoms with Gasteiger partial charge in [-0.3, -0.25) is 4.79 Å². The van der Waals surface area contributed by atoms with E-state index in [0.717, 1.165) is 12.3 Å². The molecule has 0 aromatic heterocycles. The van der Waals surface area contributed by atoms with Crippen LogP contribution in [0.1, 0.15) is 53.4 Å². The molecule has 0 saturated heterocycles. The molecule has 0 aromatic carbocycles. The molecule has 21 heavy (non-hydrogen) atoms. The molecule has 0 radical (unpaired) electrons. The second kappa shape index (κ2) is 8.14. The summed E-state index contributed by atoms with van der Waals surface area (Å²) < 4.78 is 11.0. The first-order chi connectivity index (χ1) is 9.84. The van der Waals surface area contributed by atoms with Gasteiger partial charge in [0.05, 0.1) is 13.2 Å². The lowest BCUT2D eigenvalue weighted by atomic mass is 9.75. The smallest absolute Gasteiger partial charge is 0.325 e. The summed E-state index contributed by atoms with van der Waals surface area (Å²) in [5.74, 6) is 1.80. The Morgan fingerprint density at radius 3 is 2.57 bits per heavy atom. The summed E-state index contributed by atoms with van der Waals surface area (Å²) >= 11 is 0. The molecule has 4 unspecified atom stereocenters. The summed E-state index contributed by atoms with van der Waals surface area (Å²) in [6, 6.07) is 0. The van der Waals surface area contributed by atoms with Crippen LogP contribution in [-0.2, 0) is 14.3 Å². The highest BCUT2D eigenvalue weighted by Gasteiger charge is 2.34. The molecular formula is C17H33NO3. The van der Waals surface area contributed by atoms with Crippen molar-refractivity contribution in [1.29, 1.82) is 0 Å². The number of carbonyl (C=O) groups excluding carboxylic acids is 1. The predicted molar refractivity (Wildman–Crippen MR) is 85.2 cm³/mol. The molecule has 0 aromatic rings. The fourth-order valence-electron chi connectivity index (χ4n) is 3.28. The van der Waals surface area contributed by atoms with Crippen molar-refractivity contribution in [2.75, 3.05) is 20.8 Å². The van der Waals surface area contributed by atoms with Gasteiger partial charge in [0.15, 0.2) is 0 Å². The van der Waals surface area contributed by atoms with Gasteiger partial charge < -0.3 is 14.8 Å². The fraction of sp³-hybridized carbons (Fsp3) is 0.941. The lowest BCUT2D eigenvalue weighted by molar-refractivity contribution is -0.149. The van der Waals surface area contributed by atoms with E-state index in [0.29, 0.717) is 31.0 Å². The van der Waals surface area contributed by atoms with Crippen LogP contribution in [-0.4, -0.2) is 38.4 Å². The van der Waals surface area contributed by atoms with Gasteiger partial charge in [-0.2, -0.15) is 0 Å². The van der Waals surface area contributed by atoms with E-state index in [2.05, 4.69) is 26.1 Å². The maximum Gasteiger partial charge on any atom is 0.325 e. The highest BCUT2D eigenvalue weighted by Crippen LogP contribution is 2.35. The van der Waals surface area contributed by atoms with Crippen LogP contribution in [0.25, 0.3) is 0 Å². The Balaban J connectivity index is 2.53. The normalized spacial score (nSPS) is 29.2. The molecule has 1 rings (SSSR count). The zero-order valence-electron chi connectivity index (χ0n) is 14.6. The monoisotopic (exact) mass is 299 g/mol. The number of carbonyl (C=O) groups is 1. The van der Waals surface area contributed by atoms with Gasteiger partial charge in [0.1, 0.15) is 5.54 Å². The number of esters is 1. The van der Waals surface area contributed by atoms with Crippen molar-refractivity contribution in [2.45, 2.75) is 65.0 Å². The van der Waals surface area contributed by atoms with Crippen LogP contribution < -0.4 is 5.32 Å². The second-order valence-electron chi connectivity index (χ2n) is 7.06. The lowest BCUT2D eigenvalue weighted by Crippen LogP contribution is -2.49. The second-order valence-corrected chi connectivity index (χ2v) is 7.06. The molecular weight excluding hydrogens is 266 g/mol. The van der Waals surface area contributed by atoms with Gasteiger partial charge >= 0.3 is 5.97 Å². The van der Waals surface area contributed by atoms with Crippen LogP contribution in [0.4, 0.5) is 0 Å². The molecule has 1 aliphatic carbocycles. The molecule has 4 nitrogen and oxygen atoms in total. The van der Waals surface area contributed by atoms with E-state index in [4.69, 9.17) is 9.47 Å². The molecule has 1 N–H and O–H groups in total. The van der Waals surface area contributed by atoms with Crippen LogP contribution >= 0.6 is 0 Å². The van der Waals surface area contributed by atoms with Gasteiger partial charge in [-0.1, -0.05) is 27.2 Å². The summed E-state index contributed by atoms with van der Waals surface area (Å²) in [6.45, 7) is 9.32. The highest BCUT2D eigenvalue weighted by molar-refractivity contribution is 5.80. The van der Waals surface area contributed by atoms with Crippen molar-refractivity contribution < 1.29 is 14.3 Å². The van der Waals surface area contributed by atoms with Gasteiger partial charge in [0, 0.05) is 6.61 Å². The molecule has 4 heteroatoms. The van der Waals surface area contributed by atoms with Gasteiger partial charge in [-0.05, 0) is 51.0 Å². The molecule has 1 fully saturated rings. The standard InChI is InChI=1S/C17H33NO3/c1-12(2)14-8-7-13(3)11-15(14)21-10-9-17(4,18-5)16(19)20-6/h12-15,18H,7-11H2,1-6H3. The Kier molecular flexibility index (Phi) is 7.14. The van der Waals surface area contributed by atoms with Crippen molar-refractivity contribution in [1.82, 2.24) is 5.32 Å². The van der Waals surface area contributed by atoms with E-state index in [1.165, 1.54) is 20.0 Å². The van der Waals surface area contributed by atoms with Crippen molar-refractivity contribution in [3.8, 4) is 0 Å². The zero-order valence-corrected chi connectivity index (χ0v) is 14.6. The summed E-state index contributed by atoms with van der Waals surface area (Å²) in [5, 5.41) is 3.06. The molecule has 1 aliphatic rings. The molecule has 0 spiro atoms. The van der Waals surface area contributed by atoms with Crippen molar-refractivity contribution in [3.63, 3.8) is 0 Å². The number of rotatable bonds is 7. The van der Waals surface area contributed by atoms with Crippen LogP contribution in [0.2, 0.25) is 0 Å². The molecule has 0 amide bonds. The molecule has 0 heterocycles. The summed E-state index contributed by atoms with van der Waals surface area (Å²) in [6.07, 6.45) is 4.65. The predicted octanol–water partition coefficient (Wildman–Crippen LogP) is 3.01. The molecule has 124 valence electrons. The Bertz CT molecular complexity index is 332. The van der Waals surface area contributed by atoms with Gasteiger partial charge in [-0.25, -0.2) is 0 Å². The van der Waals surface area contributed by atoms with E-state index in [-0.39, 0.29) is 5.97 Å². The minimum absolute atomic E-state index is 0.231. The minimum atomic E-state index is -0.664. The lowest BCUT2D eigenvalue weighted by Gasteiger charge is -2.37. The molecule has 4 atom stereocenters. The molecule has 1 saturated carbocycles. The largest absolute Gasteiger partial charge is 0.468 e. The third-order valence-corrected chi connectivity index (χ3v) is 5.08. The number of hydrogen-bond acceptors (Lipinski definition) is 4. The van der Waals surface area contributed by atoms with E-state index in [1.807, 2.05) is 6.92 Å². The maximum atomic E-state index is 11.8.